The number of carbonyl (C=O) groups excluding carboxylic acids is 2. The number of cyclic esters (lactones) is 1. The summed E-state index contributed by atoms with van der Waals surface area (Å²) in [5.41, 5.74) is 0.786. The zero-order valence-electron chi connectivity index (χ0n) is 13.8. The second-order valence-corrected chi connectivity index (χ2v) is 5.67. The highest BCUT2D eigenvalue weighted by atomic mass is 16.6. The second kappa shape index (κ2) is 6.86. The Morgan fingerprint density at radius 2 is 2.00 bits per heavy atom. The molecule has 0 aromatic heterocycles. The molecule has 0 bridgehead atoms. The summed E-state index contributed by atoms with van der Waals surface area (Å²) in [7, 11) is 3.16. The molecule has 1 atom stereocenters. The fourth-order valence-electron chi connectivity index (χ4n) is 3.05. The van der Waals surface area contributed by atoms with E-state index in [0.29, 0.717) is 44.3 Å². The minimum Gasteiger partial charge on any atom is -0.496 e. The van der Waals surface area contributed by atoms with E-state index >= 15 is 0 Å². The van der Waals surface area contributed by atoms with E-state index in [4.69, 9.17) is 14.2 Å². The Labute approximate surface area is 140 Å². The van der Waals surface area contributed by atoms with Gasteiger partial charge in [-0.1, -0.05) is 6.07 Å². The van der Waals surface area contributed by atoms with Gasteiger partial charge in [0.1, 0.15) is 18.1 Å². The molecule has 2 fully saturated rings. The maximum absolute atomic E-state index is 12.4. The van der Waals surface area contributed by atoms with Gasteiger partial charge in [0, 0.05) is 19.6 Å². The minimum atomic E-state index is -0.293. The quantitative estimate of drug-likeness (QED) is 0.890. The Hall–Kier alpha value is -2.64. The minimum absolute atomic E-state index is 0.0576. The average molecular weight is 335 g/mol. The van der Waals surface area contributed by atoms with Crippen LogP contribution in [0.2, 0.25) is 0 Å². The van der Waals surface area contributed by atoms with Crippen LogP contribution in [-0.4, -0.2) is 68.4 Å². The van der Waals surface area contributed by atoms with Crippen molar-refractivity contribution in [1.29, 1.82) is 0 Å². The second-order valence-electron chi connectivity index (χ2n) is 5.67. The van der Waals surface area contributed by atoms with Crippen molar-refractivity contribution in [3.05, 3.63) is 23.8 Å². The van der Waals surface area contributed by atoms with Gasteiger partial charge < -0.3 is 24.4 Å². The highest BCUT2D eigenvalue weighted by Crippen LogP contribution is 2.28. The first-order valence-electron chi connectivity index (χ1n) is 7.80. The molecule has 0 spiro atoms. The number of piperazine rings is 1. The topological polar surface area (TPSA) is 80.3 Å². The maximum Gasteiger partial charge on any atom is 0.410 e. The highest BCUT2D eigenvalue weighted by molar-refractivity contribution is 5.76. The number of ether oxygens (including phenoxy) is 3. The Balaban J connectivity index is 1.61. The summed E-state index contributed by atoms with van der Waals surface area (Å²) >= 11 is 0. The summed E-state index contributed by atoms with van der Waals surface area (Å²) in [6.07, 6.45) is -0.293. The normalized spacial score (nSPS) is 19.6. The molecule has 2 aliphatic heterocycles. The first-order chi connectivity index (χ1) is 11.6. The van der Waals surface area contributed by atoms with Crippen LogP contribution in [0, 0.1) is 0 Å². The van der Waals surface area contributed by atoms with Gasteiger partial charge in [0.05, 0.1) is 32.4 Å². The van der Waals surface area contributed by atoms with Crippen molar-refractivity contribution in [2.75, 3.05) is 40.5 Å². The number of rotatable bonds is 4. The number of methoxy groups -OCH3 is 2. The van der Waals surface area contributed by atoms with Crippen LogP contribution in [0.1, 0.15) is 5.56 Å². The molecule has 3 amide bonds. The van der Waals surface area contributed by atoms with E-state index in [0.717, 1.165) is 5.56 Å². The molecule has 2 aliphatic rings. The van der Waals surface area contributed by atoms with Gasteiger partial charge in [-0.05, 0) is 12.1 Å². The highest BCUT2D eigenvalue weighted by Gasteiger charge is 2.38. The zero-order chi connectivity index (χ0) is 17.1. The predicted octanol–water partition coefficient (Wildman–Crippen LogP) is 1.05. The van der Waals surface area contributed by atoms with Crippen LogP contribution >= 0.6 is 0 Å². The number of carbonyl (C=O) groups is 2. The molecule has 130 valence electrons. The van der Waals surface area contributed by atoms with Gasteiger partial charge >= 0.3 is 12.1 Å². The van der Waals surface area contributed by atoms with Gasteiger partial charge in [-0.2, -0.15) is 0 Å². The monoisotopic (exact) mass is 335 g/mol. The van der Waals surface area contributed by atoms with Gasteiger partial charge in [0.2, 0.25) is 0 Å². The van der Waals surface area contributed by atoms with E-state index in [1.807, 2.05) is 18.2 Å². The van der Waals surface area contributed by atoms with Gasteiger partial charge in [-0.3, -0.25) is 4.90 Å². The molecule has 0 saturated carbocycles. The van der Waals surface area contributed by atoms with E-state index in [-0.39, 0.29) is 18.2 Å². The lowest BCUT2D eigenvalue weighted by Gasteiger charge is -2.35. The molecule has 8 nitrogen and oxygen atoms in total. The zero-order valence-corrected chi connectivity index (χ0v) is 13.8. The largest absolute Gasteiger partial charge is 0.496 e. The van der Waals surface area contributed by atoms with Crippen LogP contribution in [0.5, 0.6) is 11.5 Å². The van der Waals surface area contributed by atoms with E-state index in [1.165, 1.54) is 0 Å². The van der Waals surface area contributed by atoms with Crippen LogP contribution in [0.3, 0.4) is 0 Å². The van der Waals surface area contributed by atoms with E-state index in [9.17, 15) is 9.59 Å². The van der Waals surface area contributed by atoms with Crippen LogP contribution in [0.25, 0.3) is 0 Å². The molecule has 1 N–H and O–H groups in total. The fourth-order valence-corrected chi connectivity index (χ4v) is 3.05. The number of nitrogens with one attached hydrogen (secondary N) is 1. The van der Waals surface area contributed by atoms with Crippen LogP contribution in [0.15, 0.2) is 18.2 Å². The summed E-state index contributed by atoms with van der Waals surface area (Å²) in [6.45, 7) is 2.09. The Kier molecular flexibility index (Phi) is 4.64. The van der Waals surface area contributed by atoms with Crippen molar-refractivity contribution in [3.63, 3.8) is 0 Å². The van der Waals surface area contributed by atoms with E-state index < -0.39 is 0 Å². The fraction of sp³-hybridized carbons (Fsp3) is 0.500. The number of fused-ring (bicyclic) bond motifs is 1. The van der Waals surface area contributed by atoms with Crippen LogP contribution in [-0.2, 0) is 11.3 Å². The van der Waals surface area contributed by atoms with Crippen LogP contribution in [0.4, 0.5) is 9.59 Å². The maximum atomic E-state index is 12.4. The third-order valence-corrected chi connectivity index (χ3v) is 4.35. The number of hydrogen-bond donors (Lipinski definition) is 1. The van der Waals surface area contributed by atoms with E-state index in [2.05, 4.69) is 5.32 Å². The van der Waals surface area contributed by atoms with Crippen molar-refractivity contribution in [2.45, 2.75) is 12.6 Å². The Morgan fingerprint density at radius 1 is 1.29 bits per heavy atom. The molecule has 0 aliphatic carbocycles. The average Bonchev–Trinajstić information content (AvgIpc) is 2.99. The molecule has 1 aromatic carbocycles. The van der Waals surface area contributed by atoms with Crippen molar-refractivity contribution in [3.8, 4) is 11.5 Å². The lowest BCUT2D eigenvalue weighted by molar-refractivity contribution is 0.127. The number of nitrogens with zero attached hydrogens (tertiary/aromatic N) is 2. The van der Waals surface area contributed by atoms with Crippen molar-refractivity contribution in [1.82, 2.24) is 15.1 Å². The third kappa shape index (κ3) is 3.04. The molecule has 1 aromatic rings. The lowest BCUT2D eigenvalue weighted by atomic mass is 10.1. The summed E-state index contributed by atoms with van der Waals surface area (Å²) < 4.78 is 15.7. The molecule has 2 heterocycles. The Morgan fingerprint density at radius 3 is 2.67 bits per heavy atom. The molecule has 2 saturated heterocycles. The molecule has 24 heavy (non-hydrogen) atoms. The SMILES string of the molecule is COc1cccc(OC)c1CNC(=O)N1CCN2C(=O)OC[C@H]2C1. The number of urea groups is 1. The molecule has 3 rings (SSSR count). The number of hydrogen-bond acceptors (Lipinski definition) is 5. The number of amides is 3. The lowest BCUT2D eigenvalue weighted by Crippen LogP contribution is -2.55. The van der Waals surface area contributed by atoms with Crippen LogP contribution < -0.4 is 14.8 Å². The van der Waals surface area contributed by atoms with Gasteiger partial charge in [-0.15, -0.1) is 0 Å². The molecule has 0 unspecified atom stereocenters. The third-order valence-electron chi connectivity index (χ3n) is 4.35. The van der Waals surface area contributed by atoms with Gasteiger partial charge in [0.25, 0.3) is 0 Å². The standard InChI is InChI=1S/C16H21N3O5/c1-22-13-4-3-5-14(23-2)12(13)8-17-15(20)18-6-7-19-11(9-18)10-24-16(19)21/h3-5,11H,6-10H2,1-2H3,(H,17,20)/t11-/m1/s1. The first-order valence-corrected chi connectivity index (χ1v) is 7.80. The van der Waals surface area contributed by atoms with Crippen molar-refractivity contribution >= 4 is 12.1 Å². The summed E-state index contributed by atoms with van der Waals surface area (Å²) in [5, 5.41) is 2.89. The summed E-state index contributed by atoms with van der Waals surface area (Å²) in [6, 6.07) is 5.24. The summed E-state index contributed by atoms with van der Waals surface area (Å²) in [5.74, 6) is 1.32. The predicted molar refractivity (Wildman–Crippen MR) is 85.2 cm³/mol. The van der Waals surface area contributed by atoms with Crippen molar-refractivity contribution in [2.24, 2.45) is 0 Å². The van der Waals surface area contributed by atoms with Gasteiger partial charge in [0.15, 0.2) is 0 Å². The molecular weight excluding hydrogens is 314 g/mol. The first kappa shape index (κ1) is 16.2. The molecular formula is C16H21N3O5. The van der Waals surface area contributed by atoms with E-state index in [1.54, 1.807) is 24.0 Å². The van der Waals surface area contributed by atoms with Crippen molar-refractivity contribution < 1.29 is 23.8 Å². The number of benzene rings is 1. The molecule has 0 radical (unpaired) electrons. The summed E-state index contributed by atoms with van der Waals surface area (Å²) in [4.78, 5) is 27.3. The Bertz CT molecular complexity index is 614. The smallest absolute Gasteiger partial charge is 0.410 e. The molecule has 8 heteroatoms. The van der Waals surface area contributed by atoms with Gasteiger partial charge in [-0.25, -0.2) is 9.59 Å².